The Balaban J connectivity index is 2.33. The van der Waals surface area contributed by atoms with Gasteiger partial charge in [-0.05, 0) is 12.8 Å². The van der Waals surface area contributed by atoms with Gasteiger partial charge in [0.15, 0.2) is 6.61 Å². The summed E-state index contributed by atoms with van der Waals surface area (Å²) in [7, 11) is 0. The Morgan fingerprint density at radius 2 is 1.82 bits per heavy atom. The fraction of sp³-hybridized carbons (Fsp3) is 0.778. The molecule has 98 valence electrons. The van der Waals surface area contributed by atoms with Crippen molar-refractivity contribution in [3.8, 4) is 0 Å². The van der Waals surface area contributed by atoms with E-state index in [1.807, 2.05) is 0 Å². The highest BCUT2D eigenvalue weighted by Crippen LogP contribution is 2.19. The minimum atomic E-state index is -4.53. The molecule has 0 aromatic heterocycles. The number of alkyl halides is 3. The molecule has 0 bridgehead atoms. The van der Waals surface area contributed by atoms with E-state index in [2.05, 4.69) is 4.74 Å². The molecule has 1 aliphatic heterocycles. The number of hydrogen-bond donors (Lipinski definition) is 1. The van der Waals surface area contributed by atoms with E-state index in [0.29, 0.717) is 12.8 Å². The van der Waals surface area contributed by atoms with Crippen LogP contribution in [0.4, 0.5) is 18.0 Å². The summed E-state index contributed by atoms with van der Waals surface area (Å²) in [5.74, 6) is -0.769. The summed E-state index contributed by atoms with van der Waals surface area (Å²) in [5, 5.41) is 0. The Morgan fingerprint density at radius 1 is 1.29 bits per heavy atom. The molecule has 1 heterocycles. The van der Waals surface area contributed by atoms with Crippen molar-refractivity contribution in [3.05, 3.63) is 0 Å². The van der Waals surface area contributed by atoms with Crippen molar-refractivity contribution >= 4 is 12.0 Å². The molecule has 1 fully saturated rings. The number of piperidine rings is 1. The number of carbonyl (C=O) groups is 2. The van der Waals surface area contributed by atoms with Gasteiger partial charge in [-0.2, -0.15) is 13.2 Å². The van der Waals surface area contributed by atoms with Crippen molar-refractivity contribution in [2.24, 2.45) is 11.7 Å². The zero-order valence-electron chi connectivity index (χ0n) is 9.00. The highest BCUT2D eigenvalue weighted by atomic mass is 19.4. The van der Waals surface area contributed by atoms with Crippen molar-refractivity contribution in [2.75, 3.05) is 19.7 Å². The highest BCUT2D eigenvalue weighted by molar-refractivity contribution is 5.77. The van der Waals surface area contributed by atoms with Crippen molar-refractivity contribution in [3.63, 3.8) is 0 Å². The number of primary amides is 1. The van der Waals surface area contributed by atoms with Crippen LogP contribution in [0, 0.1) is 5.92 Å². The molecule has 0 radical (unpaired) electrons. The van der Waals surface area contributed by atoms with Gasteiger partial charge in [0.05, 0.1) is 0 Å². The van der Waals surface area contributed by atoms with Gasteiger partial charge in [-0.3, -0.25) is 4.79 Å². The first-order valence-corrected chi connectivity index (χ1v) is 5.07. The van der Waals surface area contributed by atoms with E-state index in [1.165, 1.54) is 0 Å². The van der Waals surface area contributed by atoms with E-state index in [1.54, 1.807) is 0 Å². The minimum Gasteiger partial charge on any atom is -0.440 e. The second-order valence-corrected chi connectivity index (χ2v) is 3.83. The molecule has 0 aliphatic carbocycles. The standard InChI is InChI=1S/C9H13F3N2O3/c10-9(11,12)5-17-8(16)14-3-1-6(2-4-14)7(13)15/h6H,1-5H2,(H2,13,15). The van der Waals surface area contributed by atoms with Gasteiger partial charge in [0.2, 0.25) is 5.91 Å². The van der Waals surface area contributed by atoms with E-state index < -0.39 is 24.8 Å². The van der Waals surface area contributed by atoms with Gasteiger partial charge in [-0.15, -0.1) is 0 Å². The second-order valence-electron chi connectivity index (χ2n) is 3.83. The molecule has 0 unspecified atom stereocenters. The summed E-state index contributed by atoms with van der Waals surface area (Å²) >= 11 is 0. The number of carbonyl (C=O) groups excluding carboxylic acids is 2. The number of halogens is 3. The van der Waals surface area contributed by atoms with Crippen molar-refractivity contribution < 1.29 is 27.5 Å². The Hall–Kier alpha value is -1.47. The molecule has 0 spiro atoms. The molecule has 8 heteroatoms. The zero-order chi connectivity index (χ0) is 13.1. The maximum atomic E-state index is 11.8. The number of likely N-dealkylation sites (tertiary alicyclic amines) is 1. The Morgan fingerprint density at radius 3 is 2.24 bits per heavy atom. The molecule has 0 aromatic carbocycles. The summed E-state index contributed by atoms with van der Waals surface area (Å²) in [6.07, 6.45) is -4.82. The van der Waals surface area contributed by atoms with Gasteiger partial charge < -0.3 is 15.4 Å². The van der Waals surface area contributed by atoms with Gasteiger partial charge in [-0.25, -0.2) is 4.79 Å². The molecule has 17 heavy (non-hydrogen) atoms. The number of amides is 2. The lowest BCUT2D eigenvalue weighted by Gasteiger charge is -2.29. The lowest BCUT2D eigenvalue weighted by atomic mass is 9.97. The Bertz CT molecular complexity index is 298. The molecule has 2 N–H and O–H groups in total. The van der Waals surface area contributed by atoms with Crippen molar-refractivity contribution in [1.29, 1.82) is 0 Å². The predicted molar refractivity (Wildman–Crippen MR) is 50.9 cm³/mol. The molecule has 1 rings (SSSR count). The van der Waals surface area contributed by atoms with E-state index in [0.717, 1.165) is 4.90 Å². The van der Waals surface area contributed by atoms with E-state index in [4.69, 9.17) is 5.73 Å². The van der Waals surface area contributed by atoms with Crippen LogP contribution in [-0.2, 0) is 9.53 Å². The number of rotatable bonds is 2. The average molecular weight is 254 g/mol. The fourth-order valence-corrected chi connectivity index (χ4v) is 1.58. The van der Waals surface area contributed by atoms with E-state index >= 15 is 0 Å². The highest BCUT2D eigenvalue weighted by Gasteiger charge is 2.32. The molecule has 5 nitrogen and oxygen atoms in total. The largest absolute Gasteiger partial charge is 0.440 e. The molecule has 0 atom stereocenters. The van der Waals surface area contributed by atoms with Crippen LogP contribution in [-0.4, -0.2) is 42.8 Å². The summed E-state index contributed by atoms with van der Waals surface area (Å²) in [4.78, 5) is 23.2. The monoisotopic (exact) mass is 254 g/mol. The summed E-state index contributed by atoms with van der Waals surface area (Å²) in [6, 6.07) is 0. The topological polar surface area (TPSA) is 72.6 Å². The Labute approximate surface area is 95.7 Å². The van der Waals surface area contributed by atoms with Crippen molar-refractivity contribution in [2.45, 2.75) is 19.0 Å². The smallest absolute Gasteiger partial charge is 0.422 e. The van der Waals surface area contributed by atoms with Crippen LogP contribution >= 0.6 is 0 Å². The lowest BCUT2D eigenvalue weighted by Crippen LogP contribution is -2.42. The number of ether oxygens (including phenoxy) is 1. The summed E-state index contributed by atoms with van der Waals surface area (Å²) in [6.45, 7) is -1.23. The molecular weight excluding hydrogens is 241 g/mol. The molecular formula is C9H13F3N2O3. The maximum Gasteiger partial charge on any atom is 0.422 e. The molecule has 1 saturated heterocycles. The van der Waals surface area contributed by atoms with Gasteiger partial charge in [0.25, 0.3) is 0 Å². The number of hydrogen-bond acceptors (Lipinski definition) is 3. The van der Waals surface area contributed by atoms with Gasteiger partial charge in [-0.1, -0.05) is 0 Å². The van der Waals surface area contributed by atoms with Gasteiger partial charge in [0, 0.05) is 19.0 Å². The third-order valence-corrected chi connectivity index (χ3v) is 2.51. The minimum absolute atomic E-state index is 0.185. The second kappa shape index (κ2) is 5.24. The fourth-order valence-electron chi connectivity index (χ4n) is 1.58. The third kappa shape index (κ3) is 4.49. The number of nitrogens with two attached hydrogens (primary N) is 1. The third-order valence-electron chi connectivity index (χ3n) is 2.51. The molecule has 1 aliphatic rings. The lowest BCUT2D eigenvalue weighted by molar-refractivity contribution is -0.162. The van der Waals surface area contributed by atoms with Gasteiger partial charge in [0.1, 0.15) is 0 Å². The average Bonchev–Trinajstić information content (AvgIpc) is 2.25. The quantitative estimate of drug-likeness (QED) is 0.795. The van der Waals surface area contributed by atoms with Crippen LogP contribution in [0.15, 0.2) is 0 Å². The van der Waals surface area contributed by atoms with Crippen LogP contribution in [0.5, 0.6) is 0 Å². The maximum absolute atomic E-state index is 11.8. The van der Waals surface area contributed by atoms with E-state index in [9.17, 15) is 22.8 Å². The van der Waals surface area contributed by atoms with Crippen LogP contribution in [0.3, 0.4) is 0 Å². The first kappa shape index (κ1) is 13.6. The predicted octanol–water partition coefficient (Wildman–Crippen LogP) is 0.883. The summed E-state index contributed by atoms with van der Waals surface area (Å²) in [5.41, 5.74) is 5.08. The number of nitrogens with zero attached hydrogens (tertiary/aromatic N) is 1. The van der Waals surface area contributed by atoms with Crippen LogP contribution in [0.1, 0.15) is 12.8 Å². The van der Waals surface area contributed by atoms with Crippen LogP contribution in [0.2, 0.25) is 0 Å². The van der Waals surface area contributed by atoms with Gasteiger partial charge >= 0.3 is 12.3 Å². The van der Waals surface area contributed by atoms with Crippen LogP contribution < -0.4 is 5.73 Å². The first-order valence-electron chi connectivity index (χ1n) is 5.07. The normalized spacial score (nSPS) is 17.9. The molecule has 0 aromatic rings. The summed E-state index contributed by atoms with van der Waals surface area (Å²) < 4.78 is 39.5. The first-order chi connectivity index (χ1) is 7.79. The van der Waals surface area contributed by atoms with Crippen molar-refractivity contribution in [1.82, 2.24) is 4.90 Å². The molecule has 2 amide bonds. The SMILES string of the molecule is NC(=O)C1CCN(C(=O)OCC(F)(F)F)CC1. The zero-order valence-corrected chi connectivity index (χ0v) is 9.00. The van der Waals surface area contributed by atoms with E-state index in [-0.39, 0.29) is 19.0 Å². The van der Waals surface area contributed by atoms with Crippen LogP contribution in [0.25, 0.3) is 0 Å². The Kier molecular flexibility index (Phi) is 4.19. The molecule has 0 saturated carbocycles.